The molecule has 1 unspecified atom stereocenters. The number of rotatable bonds is 8. The molecule has 1 heterocycles. The predicted octanol–water partition coefficient (Wildman–Crippen LogP) is 1.41. The maximum atomic E-state index is 13.0. The number of carbonyl (C=O) groups is 2. The van der Waals surface area contributed by atoms with E-state index in [9.17, 15) is 9.59 Å². The largest absolute Gasteiger partial charge is 0.395 e. The van der Waals surface area contributed by atoms with E-state index in [0.29, 0.717) is 26.1 Å². The second-order valence-corrected chi connectivity index (χ2v) is 6.25. The Labute approximate surface area is 137 Å². The lowest BCUT2D eigenvalue weighted by Crippen LogP contribution is -2.42. The number of imide groups is 1. The number of likely N-dealkylation sites (N-methyl/N-ethyl adjacent to an activating group) is 1. The number of hydrogen-bond donors (Lipinski definition) is 1. The Hall–Kier alpha value is -1.72. The standard InChI is InChI=1S/C18H26N2O3/c1-3-9-18(15-7-5-4-6-8-15)14-16(22)20(17(18)23)11-10-19(2)12-13-21/h4-8,21H,3,9-14H2,1-2H3. The maximum absolute atomic E-state index is 13.0. The predicted molar refractivity (Wildman–Crippen MR) is 88.9 cm³/mol. The lowest BCUT2D eigenvalue weighted by Gasteiger charge is -2.27. The van der Waals surface area contributed by atoms with Crippen molar-refractivity contribution in [3.05, 3.63) is 35.9 Å². The molecule has 1 aromatic carbocycles. The van der Waals surface area contributed by atoms with Crippen LogP contribution in [0.25, 0.3) is 0 Å². The molecule has 23 heavy (non-hydrogen) atoms. The van der Waals surface area contributed by atoms with E-state index in [1.165, 1.54) is 4.90 Å². The van der Waals surface area contributed by atoms with Gasteiger partial charge in [0.2, 0.25) is 11.8 Å². The molecule has 1 atom stereocenters. The molecule has 5 nitrogen and oxygen atoms in total. The average molecular weight is 318 g/mol. The van der Waals surface area contributed by atoms with Gasteiger partial charge in [0.15, 0.2) is 0 Å². The number of aliphatic hydroxyl groups is 1. The van der Waals surface area contributed by atoms with Crippen molar-refractivity contribution in [3.8, 4) is 0 Å². The van der Waals surface area contributed by atoms with E-state index in [-0.39, 0.29) is 24.8 Å². The van der Waals surface area contributed by atoms with Gasteiger partial charge in [0, 0.05) is 26.1 Å². The first kappa shape index (κ1) is 17.6. The number of hydrogen-bond acceptors (Lipinski definition) is 4. The average Bonchev–Trinajstić information content (AvgIpc) is 2.78. The highest BCUT2D eigenvalue weighted by atomic mass is 16.3. The third-order valence-corrected chi connectivity index (χ3v) is 4.60. The van der Waals surface area contributed by atoms with Crippen LogP contribution in [0, 0.1) is 0 Å². The van der Waals surface area contributed by atoms with Gasteiger partial charge in [0.1, 0.15) is 0 Å². The highest BCUT2D eigenvalue weighted by molar-refractivity contribution is 6.09. The number of nitrogens with zero attached hydrogens (tertiary/aromatic N) is 2. The van der Waals surface area contributed by atoms with Gasteiger partial charge in [-0.2, -0.15) is 0 Å². The number of benzene rings is 1. The molecule has 1 aliphatic rings. The fourth-order valence-corrected chi connectivity index (χ4v) is 3.33. The van der Waals surface area contributed by atoms with E-state index < -0.39 is 5.41 Å². The van der Waals surface area contributed by atoms with Gasteiger partial charge in [-0.15, -0.1) is 0 Å². The summed E-state index contributed by atoms with van der Waals surface area (Å²) in [6.07, 6.45) is 1.80. The summed E-state index contributed by atoms with van der Waals surface area (Å²) in [4.78, 5) is 28.8. The van der Waals surface area contributed by atoms with E-state index >= 15 is 0 Å². The van der Waals surface area contributed by atoms with Crippen LogP contribution in [0.5, 0.6) is 0 Å². The Bertz CT molecular complexity index is 546. The topological polar surface area (TPSA) is 60.9 Å². The number of carbonyl (C=O) groups excluding carboxylic acids is 2. The minimum absolute atomic E-state index is 0.0716. The molecule has 0 spiro atoms. The van der Waals surface area contributed by atoms with Crippen molar-refractivity contribution in [2.24, 2.45) is 0 Å². The Morgan fingerprint density at radius 2 is 1.91 bits per heavy atom. The van der Waals surface area contributed by atoms with Crippen molar-refractivity contribution in [1.82, 2.24) is 9.80 Å². The van der Waals surface area contributed by atoms with Crippen LogP contribution in [0.15, 0.2) is 30.3 Å². The fourth-order valence-electron chi connectivity index (χ4n) is 3.33. The molecule has 0 saturated carbocycles. The molecule has 2 rings (SSSR count). The lowest BCUT2D eigenvalue weighted by atomic mass is 9.75. The van der Waals surface area contributed by atoms with Crippen LogP contribution in [0.1, 0.15) is 31.7 Å². The summed E-state index contributed by atoms with van der Waals surface area (Å²) in [5, 5.41) is 8.95. The zero-order valence-corrected chi connectivity index (χ0v) is 14.0. The van der Waals surface area contributed by atoms with E-state index in [1.807, 2.05) is 49.2 Å². The Kier molecular flexibility index (Phi) is 5.91. The zero-order chi connectivity index (χ0) is 16.9. The van der Waals surface area contributed by atoms with Gasteiger partial charge in [0.25, 0.3) is 0 Å². The molecule has 1 aliphatic heterocycles. The lowest BCUT2D eigenvalue weighted by molar-refractivity contribution is -0.140. The third kappa shape index (κ3) is 3.62. The number of amides is 2. The van der Waals surface area contributed by atoms with E-state index in [0.717, 1.165) is 12.0 Å². The van der Waals surface area contributed by atoms with Gasteiger partial charge in [-0.05, 0) is 19.0 Å². The smallest absolute Gasteiger partial charge is 0.240 e. The molecule has 1 fully saturated rings. The molecule has 2 amide bonds. The molecule has 1 saturated heterocycles. The third-order valence-electron chi connectivity index (χ3n) is 4.60. The first-order valence-corrected chi connectivity index (χ1v) is 8.25. The van der Waals surface area contributed by atoms with Crippen LogP contribution in [0.3, 0.4) is 0 Å². The number of likely N-dealkylation sites (tertiary alicyclic amines) is 1. The van der Waals surface area contributed by atoms with Gasteiger partial charge in [-0.1, -0.05) is 43.7 Å². The Morgan fingerprint density at radius 3 is 2.52 bits per heavy atom. The summed E-state index contributed by atoms with van der Waals surface area (Å²) in [6, 6.07) is 9.65. The van der Waals surface area contributed by atoms with Crippen LogP contribution in [-0.2, 0) is 15.0 Å². The minimum atomic E-state index is -0.706. The Balaban J connectivity index is 2.20. The molecule has 0 bridgehead atoms. The van der Waals surface area contributed by atoms with E-state index in [1.54, 1.807) is 0 Å². The van der Waals surface area contributed by atoms with Gasteiger partial charge < -0.3 is 10.0 Å². The first-order valence-electron chi connectivity index (χ1n) is 8.25. The SMILES string of the molecule is CCCC1(c2ccccc2)CC(=O)N(CCN(C)CCO)C1=O. The van der Waals surface area contributed by atoms with Gasteiger partial charge in [-0.25, -0.2) is 0 Å². The van der Waals surface area contributed by atoms with Crippen LogP contribution in [0.4, 0.5) is 0 Å². The molecule has 5 heteroatoms. The van der Waals surface area contributed by atoms with Crippen LogP contribution in [0.2, 0.25) is 0 Å². The quantitative estimate of drug-likeness (QED) is 0.736. The Morgan fingerprint density at radius 1 is 1.22 bits per heavy atom. The van der Waals surface area contributed by atoms with Crippen LogP contribution in [-0.4, -0.2) is 60.0 Å². The van der Waals surface area contributed by atoms with Crippen molar-refractivity contribution in [2.45, 2.75) is 31.6 Å². The zero-order valence-electron chi connectivity index (χ0n) is 14.0. The summed E-state index contributed by atoms with van der Waals surface area (Å²) >= 11 is 0. The molecule has 0 aliphatic carbocycles. The second kappa shape index (κ2) is 7.70. The highest BCUT2D eigenvalue weighted by Gasteiger charge is 2.51. The maximum Gasteiger partial charge on any atom is 0.240 e. The van der Waals surface area contributed by atoms with Crippen LogP contribution < -0.4 is 0 Å². The minimum Gasteiger partial charge on any atom is -0.395 e. The molecule has 126 valence electrons. The van der Waals surface area contributed by atoms with E-state index in [4.69, 9.17) is 5.11 Å². The van der Waals surface area contributed by atoms with Crippen LogP contribution >= 0.6 is 0 Å². The summed E-state index contributed by atoms with van der Waals surface area (Å²) < 4.78 is 0. The molecular weight excluding hydrogens is 292 g/mol. The summed E-state index contributed by atoms with van der Waals surface area (Å²) in [6.45, 7) is 3.61. The van der Waals surface area contributed by atoms with Crippen molar-refractivity contribution in [3.63, 3.8) is 0 Å². The fraction of sp³-hybridized carbons (Fsp3) is 0.556. The highest BCUT2D eigenvalue weighted by Crippen LogP contribution is 2.40. The molecule has 1 aromatic rings. The molecule has 0 aromatic heterocycles. The van der Waals surface area contributed by atoms with Gasteiger partial charge >= 0.3 is 0 Å². The van der Waals surface area contributed by atoms with Crippen molar-refractivity contribution >= 4 is 11.8 Å². The molecule has 0 radical (unpaired) electrons. The monoisotopic (exact) mass is 318 g/mol. The van der Waals surface area contributed by atoms with Crippen molar-refractivity contribution in [2.75, 3.05) is 33.3 Å². The van der Waals surface area contributed by atoms with E-state index in [2.05, 4.69) is 0 Å². The molecular formula is C18H26N2O3. The van der Waals surface area contributed by atoms with Crippen molar-refractivity contribution in [1.29, 1.82) is 0 Å². The normalized spacial score (nSPS) is 21.5. The molecule has 1 N–H and O–H groups in total. The van der Waals surface area contributed by atoms with Crippen molar-refractivity contribution < 1.29 is 14.7 Å². The number of aliphatic hydroxyl groups excluding tert-OH is 1. The first-order chi connectivity index (χ1) is 11.0. The second-order valence-electron chi connectivity index (χ2n) is 6.25. The van der Waals surface area contributed by atoms with Gasteiger partial charge in [0.05, 0.1) is 12.0 Å². The van der Waals surface area contributed by atoms with Gasteiger partial charge in [-0.3, -0.25) is 14.5 Å². The summed E-state index contributed by atoms with van der Waals surface area (Å²) in [5.41, 5.74) is 0.231. The summed E-state index contributed by atoms with van der Waals surface area (Å²) in [7, 11) is 1.87. The summed E-state index contributed by atoms with van der Waals surface area (Å²) in [5.74, 6) is -0.169.